The van der Waals surface area contributed by atoms with Crippen LogP contribution in [0.1, 0.15) is 25.3 Å². The Kier molecular flexibility index (Phi) is 3.25. The summed E-state index contributed by atoms with van der Waals surface area (Å²) >= 11 is 0. The van der Waals surface area contributed by atoms with Gasteiger partial charge in [0.2, 0.25) is 5.91 Å². The molecule has 86 valence electrons. The predicted molar refractivity (Wildman–Crippen MR) is 65.1 cm³/mol. The van der Waals surface area contributed by atoms with Gasteiger partial charge in [-0.1, -0.05) is 31.5 Å². The van der Waals surface area contributed by atoms with Crippen molar-refractivity contribution in [3.05, 3.63) is 29.8 Å². The molecule has 2 atom stereocenters. The summed E-state index contributed by atoms with van der Waals surface area (Å²) in [7, 11) is 0. The number of amides is 1. The van der Waals surface area contributed by atoms with Crippen LogP contribution in [-0.4, -0.2) is 11.9 Å². The molecule has 1 aromatic rings. The SMILES string of the molecule is CCCc1ccccc1NC(=O)C1CC1N. The van der Waals surface area contributed by atoms with Gasteiger partial charge in [0.05, 0.1) is 5.92 Å². The van der Waals surface area contributed by atoms with Crippen LogP contribution in [-0.2, 0) is 11.2 Å². The molecule has 1 saturated carbocycles. The van der Waals surface area contributed by atoms with E-state index >= 15 is 0 Å². The molecule has 0 heterocycles. The zero-order valence-corrected chi connectivity index (χ0v) is 9.57. The van der Waals surface area contributed by atoms with Crippen molar-refractivity contribution in [2.75, 3.05) is 5.32 Å². The molecule has 0 aromatic heterocycles. The van der Waals surface area contributed by atoms with E-state index in [1.165, 1.54) is 5.56 Å². The van der Waals surface area contributed by atoms with Crippen molar-refractivity contribution in [1.82, 2.24) is 0 Å². The molecule has 3 nitrogen and oxygen atoms in total. The fourth-order valence-electron chi connectivity index (χ4n) is 1.87. The lowest BCUT2D eigenvalue weighted by Gasteiger charge is -2.09. The summed E-state index contributed by atoms with van der Waals surface area (Å²) in [6.45, 7) is 2.13. The average molecular weight is 218 g/mol. The molecule has 1 aliphatic rings. The molecule has 0 aliphatic heterocycles. The number of hydrogen-bond acceptors (Lipinski definition) is 2. The van der Waals surface area contributed by atoms with E-state index in [0.717, 1.165) is 24.9 Å². The van der Waals surface area contributed by atoms with Crippen molar-refractivity contribution < 1.29 is 4.79 Å². The first kappa shape index (κ1) is 11.1. The first-order valence-electron chi connectivity index (χ1n) is 5.86. The molecule has 0 radical (unpaired) electrons. The lowest BCUT2D eigenvalue weighted by atomic mass is 10.1. The third-order valence-electron chi connectivity index (χ3n) is 2.97. The molecule has 16 heavy (non-hydrogen) atoms. The van der Waals surface area contributed by atoms with Crippen molar-refractivity contribution in [1.29, 1.82) is 0 Å². The Hall–Kier alpha value is -1.35. The summed E-state index contributed by atoms with van der Waals surface area (Å²) in [6.07, 6.45) is 2.89. The number of rotatable bonds is 4. The number of hydrogen-bond donors (Lipinski definition) is 2. The minimum atomic E-state index is 0.0229. The maximum absolute atomic E-state index is 11.8. The third kappa shape index (κ3) is 2.42. The van der Waals surface area contributed by atoms with E-state index in [0.29, 0.717) is 0 Å². The Labute approximate surface area is 96.0 Å². The van der Waals surface area contributed by atoms with Gasteiger partial charge in [0.15, 0.2) is 0 Å². The maximum Gasteiger partial charge on any atom is 0.229 e. The van der Waals surface area contributed by atoms with Gasteiger partial charge < -0.3 is 11.1 Å². The van der Waals surface area contributed by atoms with Crippen LogP contribution in [0.25, 0.3) is 0 Å². The van der Waals surface area contributed by atoms with Crippen molar-refractivity contribution in [3.63, 3.8) is 0 Å². The van der Waals surface area contributed by atoms with Gasteiger partial charge >= 0.3 is 0 Å². The highest BCUT2D eigenvalue weighted by atomic mass is 16.2. The summed E-state index contributed by atoms with van der Waals surface area (Å²) in [5, 5.41) is 2.97. The smallest absolute Gasteiger partial charge is 0.229 e. The number of carbonyl (C=O) groups excluding carboxylic acids is 1. The minimum absolute atomic E-state index is 0.0229. The van der Waals surface area contributed by atoms with Gasteiger partial charge in [-0.15, -0.1) is 0 Å². The van der Waals surface area contributed by atoms with E-state index < -0.39 is 0 Å². The Bertz CT molecular complexity index is 389. The quantitative estimate of drug-likeness (QED) is 0.811. The van der Waals surface area contributed by atoms with E-state index in [4.69, 9.17) is 5.73 Å². The van der Waals surface area contributed by atoms with E-state index in [1.54, 1.807) is 0 Å². The Morgan fingerprint density at radius 1 is 1.50 bits per heavy atom. The maximum atomic E-state index is 11.8. The molecule has 1 aliphatic carbocycles. The molecule has 1 aromatic carbocycles. The number of aryl methyl sites for hydroxylation is 1. The van der Waals surface area contributed by atoms with E-state index in [-0.39, 0.29) is 17.9 Å². The van der Waals surface area contributed by atoms with Crippen LogP contribution < -0.4 is 11.1 Å². The number of anilines is 1. The van der Waals surface area contributed by atoms with Gasteiger partial charge in [-0.25, -0.2) is 0 Å². The third-order valence-corrected chi connectivity index (χ3v) is 2.97. The molecule has 2 rings (SSSR count). The highest BCUT2D eigenvalue weighted by molar-refractivity contribution is 5.95. The second-order valence-corrected chi connectivity index (χ2v) is 4.40. The topological polar surface area (TPSA) is 55.1 Å². The van der Waals surface area contributed by atoms with Gasteiger partial charge in [0.1, 0.15) is 0 Å². The number of nitrogens with two attached hydrogens (primary N) is 1. The summed E-state index contributed by atoms with van der Waals surface area (Å²) < 4.78 is 0. The Morgan fingerprint density at radius 2 is 2.19 bits per heavy atom. The second-order valence-electron chi connectivity index (χ2n) is 4.40. The lowest BCUT2D eigenvalue weighted by molar-refractivity contribution is -0.117. The summed E-state index contributed by atoms with van der Waals surface area (Å²) in [5.74, 6) is 0.0886. The normalized spacial score (nSPS) is 22.9. The summed E-state index contributed by atoms with van der Waals surface area (Å²) in [4.78, 5) is 11.8. The van der Waals surface area contributed by atoms with Crippen LogP contribution >= 0.6 is 0 Å². The van der Waals surface area contributed by atoms with Crippen LogP contribution in [0.5, 0.6) is 0 Å². The monoisotopic (exact) mass is 218 g/mol. The average Bonchev–Trinajstić information content (AvgIpc) is 2.99. The molecular weight excluding hydrogens is 200 g/mol. The Balaban J connectivity index is 2.05. The fourth-order valence-corrected chi connectivity index (χ4v) is 1.87. The highest BCUT2D eigenvalue weighted by Gasteiger charge is 2.40. The van der Waals surface area contributed by atoms with Gasteiger partial charge in [0, 0.05) is 11.7 Å². The van der Waals surface area contributed by atoms with Gasteiger partial charge in [0.25, 0.3) is 0 Å². The lowest BCUT2D eigenvalue weighted by Crippen LogP contribution is -2.19. The fraction of sp³-hybridized carbons (Fsp3) is 0.462. The molecular formula is C13H18N2O. The largest absolute Gasteiger partial charge is 0.327 e. The van der Waals surface area contributed by atoms with Crippen LogP contribution in [0.15, 0.2) is 24.3 Å². The van der Waals surface area contributed by atoms with Crippen molar-refractivity contribution in [2.24, 2.45) is 11.7 Å². The Morgan fingerprint density at radius 3 is 2.81 bits per heavy atom. The molecule has 3 heteroatoms. The van der Waals surface area contributed by atoms with Crippen molar-refractivity contribution in [3.8, 4) is 0 Å². The molecule has 0 bridgehead atoms. The molecule has 0 spiro atoms. The van der Waals surface area contributed by atoms with Crippen LogP contribution in [0.2, 0.25) is 0 Å². The van der Waals surface area contributed by atoms with Gasteiger partial charge in [-0.2, -0.15) is 0 Å². The van der Waals surface area contributed by atoms with Crippen molar-refractivity contribution >= 4 is 11.6 Å². The summed E-state index contributed by atoms with van der Waals surface area (Å²) in [6, 6.07) is 8.03. The van der Waals surface area contributed by atoms with Crippen LogP contribution in [0.4, 0.5) is 5.69 Å². The van der Waals surface area contributed by atoms with E-state index in [9.17, 15) is 4.79 Å². The second kappa shape index (κ2) is 4.66. The zero-order chi connectivity index (χ0) is 11.5. The first-order valence-corrected chi connectivity index (χ1v) is 5.86. The molecule has 3 N–H and O–H groups in total. The first-order chi connectivity index (χ1) is 7.72. The molecule has 1 fully saturated rings. The zero-order valence-electron chi connectivity index (χ0n) is 9.57. The summed E-state index contributed by atoms with van der Waals surface area (Å²) in [5.41, 5.74) is 7.80. The van der Waals surface area contributed by atoms with Crippen LogP contribution in [0, 0.1) is 5.92 Å². The number of nitrogens with one attached hydrogen (secondary N) is 1. The van der Waals surface area contributed by atoms with Crippen molar-refractivity contribution in [2.45, 2.75) is 32.2 Å². The predicted octanol–water partition coefficient (Wildman–Crippen LogP) is 1.92. The van der Waals surface area contributed by atoms with Gasteiger partial charge in [-0.3, -0.25) is 4.79 Å². The number of benzene rings is 1. The van der Waals surface area contributed by atoms with Gasteiger partial charge in [-0.05, 0) is 24.5 Å². The minimum Gasteiger partial charge on any atom is -0.327 e. The standard InChI is InChI=1S/C13H18N2O/c1-2-5-9-6-3-4-7-12(9)15-13(16)10-8-11(10)14/h3-4,6-7,10-11H,2,5,8,14H2,1H3,(H,15,16). The van der Waals surface area contributed by atoms with E-state index in [1.807, 2.05) is 18.2 Å². The molecule has 2 unspecified atom stereocenters. The highest BCUT2D eigenvalue weighted by Crippen LogP contribution is 2.29. The van der Waals surface area contributed by atoms with Crippen LogP contribution in [0.3, 0.4) is 0 Å². The molecule has 0 saturated heterocycles. The number of carbonyl (C=O) groups is 1. The van der Waals surface area contributed by atoms with E-state index in [2.05, 4.69) is 18.3 Å². The molecule has 1 amide bonds. The number of para-hydroxylation sites is 1.